The Bertz CT molecular complexity index is 1310. The van der Waals surface area contributed by atoms with Crippen molar-refractivity contribution in [2.45, 2.75) is 57.6 Å². The Balaban J connectivity index is 1.53. The number of rotatable bonds is 7. The maximum Gasteiger partial charge on any atom is 0.303 e. The zero-order chi connectivity index (χ0) is 25.2. The number of sulfonamides is 1. The third kappa shape index (κ3) is 5.57. The van der Waals surface area contributed by atoms with Crippen LogP contribution >= 0.6 is 0 Å². The number of benzene rings is 2. The zero-order valence-corrected chi connectivity index (χ0v) is 20.1. The van der Waals surface area contributed by atoms with E-state index in [-0.39, 0.29) is 48.5 Å². The van der Waals surface area contributed by atoms with Gasteiger partial charge in [0.25, 0.3) is 5.89 Å². The summed E-state index contributed by atoms with van der Waals surface area (Å²) in [7, 11) is -3.79. The second kappa shape index (κ2) is 10.2. The monoisotopic (exact) mass is 505 g/mol. The molecule has 0 bridgehead atoms. The molecule has 0 saturated carbocycles. The summed E-state index contributed by atoms with van der Waals surface area (Å²) in [5.41, 5.74) is 0.598. The topological polar surface area (TPSA) is 103 Å². The molecule has 0 N–H and O–H groups in total. The highest BCUT2D eigenvalue weighted by Crippen LogP contribution is 2.38. The summed E-state index contributed by atoms with van der Waals surface area (Å²) in [5.74, 6) is -1.91. The maximum absolute atomic E-state index is 15.0. The molecule has 1 aliphatic heterocycles. The van der Waals surface area contributed by atoms with Crippen molar-refractivity contribution in [2.24, 2.45) is 0 Å². The van der Waals surface area contributed by atoms with Crippen molar-refractivity contribution in [3.05, 3.63) is 82.6 Å². The molecule has 1 saturated heterocycles. The Morgan fingerprint density at radius 1 is 1.09 bits per heavy atom. The quantitative estimate of drug-likeness (QED) is 0.446. The van der Waals surface area contributed by atoms with Crippen LogP contribution in [0.1, 0.15) is 60.4 Å². The summed E-state index contributed by atoms with van der Waals surface area (Å²) in [6, 6.07) is 10.6. The average molecular weight is 506 g/mol. The first-order valence-electron chi connectivity index (χ1n) is 11.1. The van der Waals surface area contributed by atoms with Gasteiger partial charge in [-0.15, -0.1) is 10.2 Å². The van der Waals surface area contributed by atoms with Crippen LogP contribution in [0, 0.1) is 11.6 Å². The van der Waals surface area contributed by atoms with Gasteiger partial charge in [0.05, 0.1) is 6.42 Å². The van der Waals surface area contributed by atoms with E-state index in [1.807, 2.05) is 6.07 Å². The van der Waals surface area contributed by atoms with E-state index in [4.69, 9.17) is 9.15 Å². The largest absolute Gasteiger partial charge is 0.456 e. The molecule has 0 unspecified atom stereocenters. The molecule has 186 valence electrons. The first-order valence-corrected chi connectivity index (χ1v) is 12.6. The van der Waals surface area contributed by atoms with E-state index in [1.165, 1.54) is 11.2 Å². The van der Waals surface area contributed by atoms with Crippen molar-refractivity contribution in [3.63, 3.8) is 0 Å². The molecule has 1 aliphatic rings. The maximum atomic E-state index is 15.0. The number of carbonyl (C=O) groups is 1. The average Bonchev–Trinajstić information content (AvgIpc) is 3.26. The molecule has 11 heteroatoms. The molecule has 0 spiro atoms. The first kappa shape index (κ1) is 24.9. The van der Waals surface area contributed by atoms with E-state index in [2.05, 4.69) is 10.2 Å². The Kier molecular flexibility index (Phi) is 7.27. The molecule has 3 aromatic rings. The Morgan fingerprint density at radius 2 is 1.74 bits per heavy atom. The number of halogens is 2. The van der Waals surface area contributed by atoms with Crippen LogP contribution in [0.4, 0.5) is 8.78 Å². The second-order valence-corrected chi connectivity index (χ2v) is 10.6. The molecule has 2 aromatic carbocycles. The van der Waals surface area contributed by atoms with Gasteiger partial charge in [-0.25, -0.2) is 17.2 Å². The minimum Gasteiger partial charge on any atom is -0.456 e. The molecular formula is C24H25F2N3O5S. The van der Waals surface area contributed by atoms with Crippen molar-refractivity contribution >= 4 is 16.0 Å². The van der Waals surface area contributed by atoms with Gasteiger partial charge in [0, 0.05) is 30.6 Å². The summed E-state index contributed by atoms with van der Waals surface area (Å²) in [4.78, 5) is 10.9. The van der Waals surface area contributed by atoms with Crippen molar-refractivity contribution in [1.82, 2.24) is 14.5 Å². The number of ether oxygens (including phenoxy) is 1. The van der Waals surface area contributed by atoms with E-state index >= 15 is 0 Å². The highest BCUT2D eigenvalue weighted by molar-refractivity contribution is 7.89. The molecule has 35 heavy (non-hydrogen) atoms. The number of nitrogens with zero attached hydrogens (tertiary/aromatic N) is 3. The molecule has 4 rings (SSSR count). The predicted molar refractivity (Wildman–Crippen MR) is 121 cm³/mol. The standard InChI is InChI=1S/C24H25F2N3O5S/c1-15-8-9-22(17-6-4-3-5-7-17)35(31,32)29(15)13-19-11-20(25)18(10-21(19)26)12-23-27-28-24(34-23)14-33-16(2)30/h3-7,10-11,15,22H,8-9,12-14H2,1-2H3/t15-,22+/m0/s1. The smallest absolute Gasteiger partial charge is 0.303 e. The fraction of sp³-hybridized carbons (Fsp3) is 0.375. The molecule has 1 aromatic heterocycles. The van der Waals surface area contributed by atoms with Crippen LogP contribution in [0.25, 0.3) is 0 Å². The van der Waals surface area contributed by atoms with Crippen LogP contribution < -0.4 is 0 Å². The fourth-order valence-corrected chi connectivity index (χ4v) is 6.34. The van der Waals surface area contributed by atoms with Gasteiger partial charge in [0.2, 0.25) is 15.9 Å². The summed E-state index contributed by atoms with van der Waals surface area (Å²) in [6.07, 6.45) is 0.891. The Labute approximate surface area is 202 Å². The van der Waals surface area contributed by atoms with E-state index < -0.39 is 32.9 Å². The summed E-state index contributed by atoms with van der Waals surface area (Å²) in [6.45, 7) is 2.51. The molecule has 0 aliphatic carbocycles. The van der Waals surface area contributed by atoms with Gasteiger partial charge in [0.15, 0.2) is 6.61 Å². The number of carbonyl (C=O) groups excluding carboxylic acids is 1. The zero-order valence-electron chi connectivity index (χ0n) is 19.3. The number of hydrogen-bond donors (Lipinski definition) is 0. The van der Waals surface area contributed by atoms with Gasteiger partial charge >= 0.3 is 5.97 Å². The lowest BCUT2D eigenvalue weighted by Gasteiger charge is -2.37. The number of hydrogen-bond acceptors (Lipinski definition) is 7. The highest BCUT2D eigenvalue weighted by Gasteiger charge is 2.40. The third-order valence-electron chi connectivity index (χ3n) is 5.99. The molecular weight excluding hydrogens is 480 g/mol. The minimum atomic E-state index is -3.79. The Hall–Kier alpha value is -3.18. The number of aromatic nitrogens is 2. The molecule has 0 radical (unpaired) electrons. The highest BCUT2D eigenvalue weighted by atomic mass is 32.2. The fourth-order valence-electron chi connectivity index (χ4n) is 4.15. The van der Waals surface area contributed by atoms with Gasteiger partial charge in [-0.05, 0) is 37.5 Å². The molecule has 2 heterocycles. The van der Waals surface area contributed by atoms with Crippen molar-refractivity contribution < 1.29 is 31.1 Å². The van der Waals surface area contributed by atoms with Gasteiger partial charge < -0.3 is 9.15 Å². The summed E-state index contributed by atoms with van der Waals surface area (Å²) < 4.78 is 67.9. The van der Waals surface area contributed by atoms with E-state index in [0.717, 1.165) is 12.1 Å². The van der Waals surface area contributed by atoms with Crippen LogP contribution in [0.5, 0.6) is 0 Å². The van der Waals surface area contributed by atoms with Crippen molar-refractivity contribution in [2.75, 3.05) is 0 Å². The van der Waals surface area contributed by atoms with Crippen LogP contribution in [-0.4, -0.2) is 34.9 Å². The van der Waals surface area contributed by atoms with E-state index in [9.17, 15) is 22.0 Å². The van der Waals surface area contributed by atoms with Crippen LogP contribution in [0.15, 0.2) is 46.9 Å². The lowest BCUT2D eigenvalue weighted by molar-refractivity contribution is -0.142. The van der Waals surface area contributed by atoms with Crippen LogP contribution in [-0.2, 0) is 39.1 Å². The minimum absolute atomic E-state index is 0.0225. The molecule has 1 fully saturated rings. The second-order valence-electron chi connectivity index (χ2n) is 8.50. The van der Waals surface area contributed by atoms with Crippen molar-refractivity contribution in [3.8, 4) is 0 Å². The van der Waals surface area contributed by atoms with Crippen LogP contribution in [0.3, 0.4) is 0 Å². The third-order valence-corrected chi connectivity index (χ3v) is 8.36. The lowest BCUT2D eigenvalue weighted by atomic mass is 10.0. The van der Waals surface area contributed by atoms with Crippen LogP contribution in [0.2, 0.25) is 0 Å². The number of esters is 1. The summed E-state index contributed by atoms with van der Waals surface area (Å²) in [5, 5.41) is 6.73. The van der Waals surface area contributed by atoms with Crippen molar-refractivity contribution in [1.29, 1.82) is 0 Å². The first-order chi connectivity index (χ1) is 16.6. The Morgan fingerprint density at radius 3 is 2.46 bits per heavy atom. The molecule has 2 atom stereocenters. The molecule has 0 amide bonds. The SMILES string of the molecule is CC(=O)OCc1nnc(Cc2cc(F)c(CN3[C@@H](C)CC[C@H](c4ccccc4)S3(=O)=O)cc2F)o1. The van der Waals surface area contributed by atoms with Gasteiger partial charge in [-0.1, -0.05) is 30.3 Å². The van der Waals surface area contributed by atoms with Gasteiger partial charge in [-0.3, -0.25) is 4.79 Å². The van der Waals surface area contributed by atoms with Gasteiger partial charge in [0.1, 0.15) is 16.9 Å². The predicted octanol–water partition coefficient (Wildman–Crippen LogP) is 4.06. The van der Waals surface area contributed by atoms with E-state index in [1.54, 1.807) is 31.2 Å². The van der Waals surface area contributed by atoms with E-state index in [0.29, 0.717) is 18.4 Å². The normalized spacial score (nSPS) is 20.0. The molecule has 8 nitrogen and oxygen atoms in total. The van der Waals surface area contributed by atoms with Gasteiger partial charge in [-0.2, -0.15) is 4.31 Å². The summed E-state index contributed by atoms with van der Waals surface area (Å²) >= 11 is 0. The lowest BCUT2D eigenvalue weighted by Crippen LogP contribution is -2.44.